The van der Waals surface area contributed by atoms with Crippen LogP contribution in [-0.2, 0) is 4.74 Å². The second-order valence-electron chi connectivity index (χ2n) is 4.93. The lowest BCUT2D eigenvalue weighted by Gasteiger charge is -2.19. The summed E-state index contributed by atoms with van der Waals surface area (Å²) in [5.74, 6) is 0.743. The summed E-state index contributed by atoms with van der Waals surface area (Å²) < 4.78 is 5.94. The molecule has 106 valence electrons. The van der Waals surface area contributed by atoms with Crippen LogP contribution in [-0.4, -0.2) is 34.8 Å². The first-order valence-corrected chi connectivity index (χ1v) is 6.84. The van der Waals surface area contributed by atoms with Crippen LogP contribution in [0.4, 0.5) is 10.6 Å². The Morgan fingerprint density at radius 3 is 2.79 bits per heavy atom. The van der Waals surface area contributed by atoms with Crippen LogP contribution in [0.5, 0.6) is 0 Å². The average Bonchev–Trinajstić information content (AvgIpc) is 2.28. The Balaban J connectivity index is 2.15. The normalized spacial score (nSPS) is 10.9. The Kier molecular flexibility index (Phi) is 6.01. The summed E-state index contributed by atoms with van der Waals surface area (Å²) in [5, 5.41) is 5.84. The minimum Gasteiger partial charge on any atom is -0.444 e. The molecule has 2 N–H and O–H groups in total. The van der Waals surface area contributed by atoms with E-state index in [4.69, 9.17) is 4.74 Å². The van der Waals surface area contributed by atoms with Crippen molar-refractivity contribution in [2.45, 2.75) is 32.8 Å². The van der Waals surface area contributed by atoms with Gasteiger partial charge in [0.25, 0.3) is 0 Å². The molecule has 7 heteroatoms. The largest absolute Gasteiger partial charge is 0.444 e. The minimum absolute atomic E-state index is 0.393. The molecule has 0 aromatic carbocycles. The number of nitrogens with one attached hydrogen (secondary N) is 2. The third-order valence-corrected chi connectivity index (χ3v) is 2.56. The Morgan fingerprint density at radius 1 is 1.42 bits per heavy atom. The van der Waals surface area contributed by atoms with Crippen molar-refractivity contribution in [3.8, 4) is 0 Å². The summed E-state index contributed by atoms with van der Waals surface area (Å²) in [6.45, 7) is 6.75. The average molecular weight is 331 g/mol. The molecular formula is C12H19BrN4O2. The molecule has 0 fully saturated rings. The molecule has 1 aromatic heterocycles. The van der Waals surface area contributed by atoms with Crippen LogP contribution in [0.2, 0.25) is 0 Å². The van der Waals surface area contributed by atoms with Crippen molar-refractivity contribution in [1.82, 2.24) is 15.3 Å². The number of hydrogen-bond donors (Lipinski definition) is 2. The van der Waals surface area contributed by atoms with Gasteiger partial charge in [0, 0.05) is 19.3 Å². The zero-order valence-electron chi connectivity index (χ0n) is 11.4. The van der Waals surface area contributed by atoms with Crippen molar-refractivity contribution in [3.63, 3.8) is 0 Å². The molecule has 0 aliphatic heterocycles. The van der Waals surface area contributed by atoms with Gasteiger partial charge in [-0.3, -0.25) is 0 Å². The molecule has 0 saturated carbocycles. The first-order valence-electron chi connectivity index (χ1n) is 6.05. The van der Waals surface area contributed by atoms with E-state index < -0.39 is 11.7 Å². The number of anilines is 1. The quantitative estimate of drug-likeness (QED) is 0.811. The summed E-state index contributed by atoms with van der Waals surface area (Å²) in [4.78, 5) is 19.3. The van der Waals surface area contributed by atoms with Gasteiger partial charge in [0.1, 0.15) is 17.7 Å². The number of ether oxygens (including phenoxy) is 1. The minimum atomic E-state index is -0.464. The fourth-order valence-corrected chi connectivity index (χ4v) is 1.60. The highest BCUT2D eigenvalue weighted by molar-refractivity contribution is 9.10. The van der Waals surface area contributed by atoms with Gasteiger partial charge in [0.2, 0.25) is 0 Å². The molecule has 0 unspecified atom stereocenters. The lowest BCUT2D eigenvalue weighted by molar-refractivity contribution is 0.0528. The van der Waals surface area contributed by atoms with Gasteiger partial charge in [0.15, 0.2) is 0 Å². The lowest BCUT2D eigenvalue weighted by atomic mass is 10.2. The van der Waals surface area contributed by atoms with Crippen molar-refractivity contribution in [2.24, 2.45) is 0 Å². The van der Waals surface area contributed by atoms with Crippen LogP contribution in [0.1, 0.15) is 27.2 Å². The highest BCUT2D eigenvalue weighted by Crippen LogP contribution is 2.16. The van der Waals surface area contributed by atoms with Gasteiger partial charge in [-0.25, -0.2) is 14.8 Å². The Hall–Kier alpha value is -1.37. The van der Waals surface area contributed by atoms with E-state index >= 15 is 0 Å². The molecule has 6 nitrogen and oxygen atoms in total. The highest BCUT2D eigenvalue weighted by Gasteiger charge is 2.15. The van der Waals surface area contributed by atoms with E-state index in [-0.39, 0.29) is 0 Å². The zero-order valence-corrected chi connectivity index (χ0v) is 13.0. The Labute approximate surface area is 121 Å². The van der Waals surface area contributed by atoms with E-state index in [1.165, 1.54) is 6.33 Å². The van der Waals surface area contributed by atoms with Crippen LogP contribution in [0.15, 0.2) is 17.0 Å². The molecule has 1 heterocycles. The molecule has 19 heavy (non-hydrogen) atoms. The highest BCUT2D eigenvalue weighted by atomic mass is 79.9. The number of carbonyl (C=O) groups excluding carboxylic acids is 1. The predicted molar refractivity (Wildman–Crippen MR) is 77.1 cm³/mol. The first kappa shape index (κ1) is 15.7. The number of alkyl carbamates (subject to hydrolysis) is 1. The summed E-state index contributed by atoms with van der Waals surface area (Å²) >= 11 is 3.34. The van der Waals surface area contributed by atoms with E-state index in [9.17, 15) is 4.79 Å². The van der Waals surface area contributed by atoms with Gasteiger partial charge in [-0.15, -0.1) is 0 Å². The fraction of sp³-hybridized carbons (Fsp3) is 0.583. The number of rotatable bonds is 5. The second kappa shape index (κ2) is 7.28. The Morgan fingerprint density at radius 2 is 2.16 bits per heavy atom. The maximum absolute atomic E-state index is 11.4. The number of nitrogens with zero attached hydrogens (tertiary/aromatic N) is 2. The van der Waals surface area contributed by atoms with E-state index in [1.807, 2.05) is 20.8 Å². The van der Waals surface area contributed by atoms with E-state index in [2.05, 4.69) is 36.5 Å². The molecule has 0 bridgehead atoms. The monoisotopic (exact) mass is 330 g/mol. The predicted octanol–water partition coefficient (Wildman–Crippen LogP) is 2.57. The maximum Gasteiger partial charge on any atom is 0.407 e. The molecule has 1 rings (SSSR count). The zero-order chi connectivity index (χ0) is 14.3. The summed E-state index contributed by atoms with van der Waals surface area (Å²) in [6, 6.07) is 0. The standard InChI is InChI=1S/C12H19BrN4O2/c1-12(2,3)19-11(18)16-6-4-5-15-10-9(13)7-14-8-17-10/h7-8H,4-6H2,1-3H3,(H,16,18)(H,14,15,17). The lowest BCUT2D eigenvalue weighted by Crippen LogP contribution is -2.33. The van der Waals surface area contributed by atoms with Crippen LogP contribution >= 0.6 is 15.9 Å². The molecule has 0 atom stereocenters. The van der Waals surface area contributed by atoms with E-state index in [1.54, 1.807) is 6.20 Å². The second-order valence-corrected chi connectivity index (χ2v) is 5.78. The van der Waals surface area contributed by atoms with Crippen LogP contribution in [0, 0.1) is 0 Å². The Bertz CT molecular complexity index is 420. The number of amides is 1. The van der Waals surface area contributed by atoms with E-state index in [0.29, 0.717) is 13.1 Å². The molecular weight excluding hydrogens is 312 g/mol. The molecule has 0 aliphatic rings. The molecule has 0 aliphatic carbocycles. The van der Waals surface area contributed by atoms with Crippen molar-refractivity contribution in [1.29, 1.82) is 0 Å². The molecule has 0 spiro atoms. The van der Waals surface area contributed by atoms with E-state index in [0.717, 1.165) is 16.7 Å². The first-order chi connectivity index (χ1) is 8.88. The van der Waals surface area contributed by atoms with Crippen LogP contribution in [0.3, 0.4) is 0 Å². The van der Waals surface area contributed by atoms with Crippen molar-refractivity contribution >= 4 is 27.8 Å². The third-order valence-electron chi connectivity index (χ3n) is 1.98. The molecule has 0 radical (unpaired) electrons. The van der Waals surface area contributed by atoms with Crippen molar-refractivity contribution < 1.29 is 9.53 Å². The number of aromatic nitrogens is 2. The fourth-order valence-electron chi connectivity index (χ4n) is 1.24. The summed E-state index contributed by atoms with van der Waals surface area (Å²) in [5.41, 5.74) is -0.464. The van der Waals surface area contributed by atoms with Gasteiger partial charge >= 0.3 is 6.09 Å². The van der Waals surface area contributed by atoms with Gasteiger partial charge in [0.05, 0.1) is 4.47 Å². The molecule has 1 aromatic rings. The smallest absolute Gasteiger partial charge is 0.407 e. The van der Waals surface area contributed by atoms with Crippen molar-refractivity contribution in [2.75, 3.05) is 18.4 Å². The van der Waals surface area contributed by atoms with Gasteiger partial charge in [-0.1, -0.05) is 0 Å². The number of carbonyl (C=O) groups is 1. The van der Waals surface area contributed by atoms with Gasteiger partial charge < -0.3 is 15.4 Å². The van der Waals surface area contributed by atoms with Crippen LogP contribution < -0.4 is 10.6 Å². The molecule has 0 saturated heterocycles. The van der Waals surface area contributed by atoms with Crippen molar-refractivity contribution in [3.05, 3.63) is 17.0 Å². The summed E-state index contributed by atoms with van der Waals surface area (Å²) in [6.07, 6.45) is 3.53. The van der Waals surface area contributed by atoms with Gasteiger partial charge in [-0.05, 0) is 43.1 Å². The number of hydrogen-bond acceptors (Lipinski definition) is 5. The SMILES string of the molecule is CC(C)(C)OC(=O)NCCCNc1ncncc1Br. The molecule has 1 amide bonds. The summed E-state index contributed by atoms with van der Waals surface area (Å²) in [7, 11) is 0. The number of halogens is 1. The van der Waals surface area contributed by atoms with Gasteiger partial charge in [-0.2, -0.15) is 0 Å². The third kappa shape index (κ3) is 6.95. The van der Waals surface area contributed by atoms with Crippen LogP contribution in [0.25, 0.3) is 0 Å². The maximum atomic E-state index is 11.4. The topological polar surface area (TPSA) is 76.1 Å².